The SMILES string of the molecule is c1ccc(-c2cc3c4c5c6c(cccc6ccc5n(-c5cccc(-c6nc(-c7ccccc7)nc(-c7ccccc7)n6)c5)c4c2)O3)cc1. The van der Waals surface area contributed by atoms with Gasteiger partial charge >= 0.3 is 0 Å². The Morgan fingerprint density at radius 1 is 0.375 bits per heavy atom. The van der Waals surface area contributed by atoms with Crippen LogP contribution in [0.15, 0.2) is 158 Å². The lowest BCUT2D eigenvalue weighted by Crippen LogP contribution is -2.01. The van der Waals surface area contributed by atoms with Crippen LogP contribution < -0.4 is 4.74 Å². The first-order valence-electron chi connectivity index (χ1n) is 16.0. The Morgan fingerprint density at radius 2 is 0.979 bits per heavy atom. The van der Waals surface area contributed by atoms with E-state index < -0.39 is 0 Å². The van der Waals surface area contributed by atoms with Crippen LogP contribution in [0.25, 0.3) is 83.6 Å². The van der Waals surface area contributed by atoms with E-state index in [2.05, 4.69) is 95.6 Å². The maximum Gasteiger partial charge on any atom is 0.164 e. The average molecular weight is 615 g/mol. The lowest BCUT2D eigenvalue weighted by molar-refractivity contribution is 0.493. The lowest BCUT2D eigenvalue weighted by Gasteiger charge is -2.17. The Morgan fingerprint density at radius 3 is 1.67 bits per heavy atom. The van der Waals surface area contributed by atoms with Crippen LogP contribution in [0.5, 0.6) is 11.5 Å². The Kier molecular flexibility index (Phi) is 5.81. The number of hydrogen-bond acceptors (Lipinski definition) is 4. The molecule has 5 nitrogen and oxygen atoms in total. The van der Waals surface area contributed by atoms with E-state index >= 15 is 0 Å². The lowest BCUT2D eigenvalue weighted by atomic mass is 9.98. The zero-order chi connectivity index (χ0) is 31.6. The van der Waals surface area contributed by atoms with Crippen LogP contribution in [0.4, 0.5) is 0 Å². The molecule has 7 aromatic carbocycles. The summed E-state index contributed by atoms with van der Waals surface area (Å²) in [5, 5.41) is 4.64. The molecule has 0 saturated carbocycles. The topological polar surface area (TPSA) is 52.8 Å². The van der Waals surface area contributed by atoms with Crippen molar-refractivity contribution in [3.63, 3.8) is 0 Å². The van der Waals surface area contributed by atoms with Gasteiger partial charge in [0.2, 0.25) is 0 Å². The van der Waals surface area contributed by atoms with Crippen LogP contribution in [0.1, 0.15) is 0 Å². The molecule has 0 radical (unpaired) electrons. The van der Waals surface area contributed by atoms with Crippen molar-refractivity contribution in [2.75, 3.05) is 0 Å². The van der Waals surface area contributed by atoms with Crippen LogP contribution in [0.3, 0.4) is 0 Å². The average Bonchev–Trinajstić information content (AvgIpc) is 3.51. The monoisotopic (exact) mass is 614 g/mol. The zero-order valence-corrected chi connectivity index (χ0v) is 25.7. The molecule has 3 heterocycles. The van der Waals surface area contributed by atoms with Gasteiger partial charge in [-0.1, -0.05) is 121 Å². The van der Waals surface area contributed by atoms with Crippen LogP contribution in [0.2, 0.25) is 0 Å². The van der Waals surface area contributed by atoms with Crippen LogP contribution in [-0.2, 0) is 0 Å². The fourth-order valence-electron chi connectivity index (χ4n) is 7.01. The molecule has 0 amide bonds. The van der Waals surface area contributed by atoms with Crippen molar-refractivity contribution >= 4 is 32.6 Å². The highest BCUT2D eigenvalue weighted by Crippen LogP contribution is 2.50. The summed E-state index contributed by atoms with van der Waals surface area (Å²) in [6.07, 6.45) is 0. The molecular weight excluding hydrogens is 589 g/mol. The molecule has 10 rings (SSSR count). The standard InChI is InChI=1S/C43H26N4O/c1-4-12-27(13-5-1)32-25-35-39-37(26-32)48-36-21-11-18-28-22-23-34(40(39)38(28)36)47(35)33-20-10-19-31(24-33)43-45-41(29-14-6-2-7-15-29)44-42(46-43)30-16-8-3-9-17-30/h1-26H. The minimum absolute atomic E-state index is 0.622. The molecule has 1 aliphatic heterocycles. The van der Waals surface area contributed by atoms with Crippen molar-refractivity contribution in [1.29, 1.82) is 0 Å². The third-order valence-corrected chi connectivity index (χ3v) is 9.19. The van der Waals surface area contributed by atoms with E-state index in [-0.39, 0.29) is 0 Å². The van der Waals surface area contributed by atoms with Gasteiger partial charge in [-0.3, -0.25) is 0 Å². The van der Waals surface area contributed by atoms with Crippen molar-refractivity contribution in [2.24, 2.45) is 0 Å². The highest BCUT2D eigenvalue weighted by molar-refractivity contribution is 6.26. The summed E-state index contributed by atoms with van der Waals surface area (Å²) in [7, 11) is 0. The van der Waals surface area contributed by atoms with E-state index in [1.54, 1.807) is 0 Å². The minimum Gasteiger partial charge on any atom is -0.456 e. The predicted molar refractivity (Wildman–Crippen MR) is 193 cm³/mol. The van der Waals surface area contributed by atoms with Gasteiger partial charge in [0.25, 0.3) is 0 Å². The number of rotatable bonds is 5. The molecule has 0 bridgehead atoms. The van der Waals surface area contributed by atoms with Crippen molar-refractivity contribution < 1.29 is 4.74 Å². The highest BCUT2D eigenvalue weighted by Gasteiger charge is 2.25. The summed E-state index contributed by atoms with van der Waals surface area (Å²) in [4.78, 5) is 14.9. The molecule has 5 heteroatoms. The molecule has 2 aromatic heterocycles. The van der Waals surface area contributed by atoms with Gasteiger partial charge in [0.05, 0.1) is 16.4 Å². The van der Waals surface area contributed by atoms with Crippen LogP contribution >= 0.6 is 0 Å². The fourth-order valence-corrected chi connectivity index (χ4v) is 7.01. The second-order valence-electron chi connectivity index (χ2n) is 12.1. The maximum atomic E-state index is 6.66. The van der Waals surface area contributed by atoms with Crippen LogP contribution in [-0.4, -0.2) is 19.5 Å². The van der Waals surface area contributed by atoms with Gasteiger partial charge in [0.1, 0.15) is 11.5 Å². The molecular formula is C43H26N4O. The zero-order valence-electron chi connectivity index (χ0n) is 25.7. The van der Waals surface area contributed by atoms with E-state index in [0.29, 0.717) is 17.5 Å². The molecule has 0 unspecified atom stereocenters. The minimum atomic E-state index is 0.622. The fraction of sp³-hybridized carbons (Fsp3) is 0. The molecule has 0 saturated heterocycles. The Hall–Kier alpha value is -6.59. The molecule has 1 aliphatic rings. The van der Waals surface area contributed by atoms with Gasteiger partial charge < -0.3 is 9.30 Å². The first-order chi connectivity index (χ1) is 23.8. The first kappa shape index (κ1) is 26.6. The molecule has 48 heavy (non-hydrogen) atoms. The van der Waals surface area contributed by atoms with E-state index in [1.807, 2.05) is 66.7 Å². The third kappa shape index (κ3) is 4.15. The maximum absolute atomic E-state index is 6.66. The Balaban J connectivity index is 1.23. The Labute approximate surface area is 276 Å². The number of aromatic nitrogens is 4. The smallest absolute Gasteiger partial charge is 0.164 e. The summed E-state index contributed by atoms with van der Waals surface area (Å²) in [5.74, 6) is 3.66. The molecule has 0 spiro atoms. The summed E-state index contributed by atoms with van der Waals surface area (Å²) in [6.45, 7) is 0. The highest BCUT2D eigenvalue weighted by atomic mass is 16.5. The third-order valence-electron chi connectivity index (χ3n) is 9.19. The Bertz CT molecular complexity index is 2630. The van der Waals surface area contributed by atoms with E-state index in [1.165, 1.54) is 5.39 Å². The van der Waals surface area contributed by atoms with Gasteiger partial charge in [0, 0.05) is 33.2 Å². The number of benzene rings is 7. The van der Waals surface area contributed by atoms with Crippen molar-refractivity contribution in [1.82, 2.24) is 19.5 Å². The van der Waals surface area contributed by atoms with Gasteiger partial charge in [-0.15, -0.1) is 0 Å². The number of nitrogens with zero attached hydrogens (tertiary/aromatic N) is 4. The van der Waals surface area contributed by atoms with Gasteiger partial charge in [0.15, 0.2) is 17.5 Å². The normalized spacial score (nSPS) is 11.9. The molecule has 9 aromatic rings. The van der Waals surface area contributed by atoms with E-state index in [0.717, 1.165) is 72.2 Å². The molecule has 224 valence electrons. The molecule has 0 fully saturated rings. The summed E-state index contributed by atoms with van der Waals surface area (Å²) < 4.78 is 9.01. The quantitative estimate of drug-likeness (QED) is 0.194. The van der Waals surface area contributed by atoms with Gasteiger partial charge in [-0.2, -0.15) is 0 Å². The first-order valence-corrected chi connectivity index (χ1v) is 16.0. The predicted octanol–water partition coefficient (Wildman–Crippen LogP) is 10.9. The van der Waals surface area contributed by atoms with Crippen LogP contribution in [0, 0.1) is 0 Å². The largest absolute Gasteiger partial charge is 0.456 e. The van der Waals surface area contributed by atoms with E-state index in [9.17, 15) is 0 Å². The van der Waals surface area contributed by atoms with Crippen molar-refractivity contribution in [2.45, 2.75) is 0 Å². The molecule has 0 N–H and O–H groups in total. The second kappa shape index (κ2) is 10.5. The van der Waals surface area contributed by atoms with Crippen molar-refractivity contribution in [3.8, 4) is 62.5 Å². The summed E-state index contributed by atoms with van der Waals surface area (Å²) in [5.41, 5.74) is 8.27. The van der Waals surface area contributed by atoms with Gasteiger partial charge in [-0.05, 0) is 52.9 Å². The summed E-state index contributed by atoms with van der Waals surface area (Å²) >= 11 is 0. The molecule has 0 atom stereocenters. The summed E-state index contributed by atoms with van der Waals surface area (Å²) in [6, 6.07) is 54.3. The molecule has 0 aliphatic carbocycles. The van der Waals surface area contributed by atoms with Gasteiger partial charge in [-0.25, -0.2) is 15.0 Å². The number of hydrogen-bond donors (Lipinski definition) is 0. The second-order valence-corrected chi connectivity index (χ2v) is 12.1. The van der Waals surface area contributed by atoms with Crippen molar-refractivity contribution in [3.05, 3.63) is 158 Å². The van der Waals surface area contributed by atoms with E-state index in [4.69, 9.17) is 19.7 Å². The number of ether oxygens (including phenoxy) is 1.